The van der Waals surface area contributed by atoms with Crippen molar-refractivity contribution in [2.75, 3.05) is 19.6 Å². The van der Waals surface area contributed by atoms with Crippen LogP contribution in [0.1, 0.15) is 47.5 Å². The summed E-state index contributed by atoms with van der Waals surface area (Å²) in [6.45, 7) is 3.10. The van der Waals surface area contributed by atoms with Crippen LogP contribution in [0, 0.1) is 0 Å². The summed E-state index contributed by atoms with van der Waals surface area (Å²) in [4.78, 5) is 30.4. The number of rotatable bonds is 4. The molecule has 138 valence electrons. The molecule has 2 aliphatic rings. The Labute approximate surface area is 158 Å². The minimum atomic E-state index is 0.106. The molecule has 0 spiro atoms. The van der Waals surface area contributed by atoms with Gasteiger partial charge in [0.15, 0.2) is 0 Å². The zero-order valence-corrected chi connectivity index (χ0v) is 15.8. The van der Waals surface area contributed by atoms with Gasteiger partial charge < -0.3 is 14.4 Å². The normalized spacial score (nSPS) is 19.2. The van der Waals surface area contributed by atoms with Crippen molar-refractivity contribution >= 4 is 23.2 Å². The molecule has 2 aromatic heterocycles. The predicted octanol–water partition coefficient (Wildman–Crippen LogP) is 3.22. The van der Waals surface area contributed by atoms with Crippen LogP contribution in [0.4, 0.5) is 0 Å². The van der Waals surface area contributed by atoms with Crippen LogP contribution in [0.25, 0.3) is 0 Å². The van der Waals surface area contributed by atoms with Gasteiger partial charge in [-0.15, -0.1) is 11.3 Å². The number of carbonyl (C=O) groups excluding carboxylic acids is 2. The van der Waals surface area contributed by atoms with Gasteiger partial charge in [-0.3, -0.25) is 9.59 Å². The third-order valence-corrected chi connectivity index (χ3v) is 6.37. The highest BCUT2D eigenvalue weighted by atomic mass is 32.1. The molecule has 2 saturated heterocycles. The second-order valence-corrected chi connectivity index (χ2v) is 8.20. The van der Waals surface area contributed by atoms with Crippen molar-refractivity contribution in [3.8, 4) is 0 Å². The largest absolute Gasteiger partial charge is 0.340 e. The van der Waals surface area contributed by atoms with Crippen molar-refractivity contribution in [1.82, 2.24) is 14.4 Å². The number of piperidine rings is 2. The molecule has 0 N–H and O–H groups in total. The first kappa shape index (κ1) is 17.3. The molecule has 0 unspecified atom stereocenters. The van der Waals surface area contributed by atoms with Crippen molar-refractivity contribution in [2.24, 2.45) is 0 Å². The fourth-order valence-corrected chi connectivity index (χ4v) is 4.77. The topological polar surface area (TPSA) is 45.6 Å². The molecule has 0 aliphatic carbocycles. The minimum Gasteiger partial charge on any atom is -0.340 e. The number of hydrogen-bond donors (Lipinski definition) is 0. The van der Waals surface area contributed by atoms with Gasteiger partial charge in [-0.25, -0.2) is 0 Å². The standard InChI is InChI=1S/C20H25N3O2S/c24-19-7-1-2-11-23(19)16-8-12-21(13-9-16)20(25)18-6-3-10-22(18)15-17-5-4-14-26-17/h3-6,10,14,16H,1-2,7-9,11-13,15H2. The Morgan fingerprint density at radius 2 is 1.96 bits per heavy atom. The number of likely N-dealkylation sites (tertiary alicyclic amines) is 2. The van der Waals surface area contributed by atoms with Crippen molar-refractivity contribution in [2.45, 2.75) is 44.7 Å². The van der Waals surface area contributed by atoms with Gasteiger partial charge in [0.25, 0.3) is 5.91 Å². The fourth-order valence-electron chi connectivity index (χ4n) is 4.07. The van der Waals surface area contributed by atoms with E-state index in [0.29, 0.717) is 18.4 Å². The van der Waals surface area contributed by atoms with Crippen LogP contribution in [-0.2, 0) is 11.3 Å². The van der Waals surface area contributed by atoms with Crippen LogP contribution in [0.3, 0.4) is 0 Å². The summed E-state index contributed by atoms with van der Waals surface area (Å²) in [7, 11) is 0. The zero-order valence-electron chi connectivity index (χ0n) is 15.0. The Morgan fingerprint density at radius 1 is 1.12 bits per heavy atom. The number of amides is 2. The van der Waals surface area contributed by atoms with E-state index in [-0.39, 0.29) is 5.91 Å². The molecule has 2 amide bonds. The third-order valence-electron chi connectivity index (χ3n) is 5.51. The van der Waals surface area contributed by atoms with E-state index >= 15 is 0 Å². The first-order valence-corrected chi connectivity index (χ1v) is 10.4. The number of hydrogen-bond acceptors (Lipinski definition) is 3. The van der Waals surface area contributed by atoms with Gasteiger partial charge in [-0.2, -0.15) is 0 Å². The van der Waals surface area contributed by atoms with Crippen LogP contribution in [0.5, 0.6) is 0 Å². The third kappa shape index (κ3) is 3.56. The molecule has 2 aliphatic heterocycles. The summed E-state index contributed by atoms with van der Waals surface area (Å²) >= 11 is 1.71. The second kappa shape index (κ2) is 7.66. The van der Waals surface area contributed by atoms with E-state index in [0.717, 1.165) is 57.6 Å². The Kier molecular flexibility index (Phi) is 5.11. The van der Waals surface area contributed by atoms with Crippen molar-refractivity contribution < 1.29 is 9.59 Å². The summed E-state index contributed by atoms with van der Waals surface area (Å²) in [6.07, 6.45) is 6.59. The zero-order chi connectivity index (χ0) is 17.9. The van der Waals surface area contributed by atoms with Gasteiger partial charge in [0, 0.05) is 43.2 Å². The molecule has 0 bridgehead atoms. The van der Waals surface area contributed by atoms with Crippen LogP contribution in [-0.4, -0.2) is 51.9 Å². The quantitative estimate of drug-likeness (QED) is 0.828. The maximum atomic E-state index is 13.0. The lowest BCUT2D eigenvalue weighted by atomic mass is 9.99. The average Bonchev–Trinajstić information content (AvgIpc) is 3.34. The predicted molar refractivity (Wildman–Crippen MR) is 102 cm³/mol. The maximum absolute atomic E-state index is 13.0. The van der Waals surface area contributed by atoms with Gasteiger partial charge in [0.05, 0.1) is 6.54 Å². The first-order chi connectivity index (χ1) is 12.7. The lowest BCUT2D eigenvalue weighted by Crippen LogP contribution is -2.50. The van der Waals surface area contributed by atoms with Gasteiger partial charge >= 0.3 is 0 Å². The minimum absolute atomic E-state index is 0.106. The molecule has 0 saturated carbocycles. The molecule has 6 heteroatoms. The van der Waals surface area contributed by atoms with E-state index in [2.05, 4.69) is 16.3 Å². The maximum Gasteiger partial charge on any atom is 0.270 e. The van der Waals surface area contributed by atoms with Gasteiger partial charge in [-0.1, -0.05) is 6.07 Å². The van der Waals surface area contributed by atoms with Crippen molar-refractivity contribution in [1.29, 1.82) is 0 Å². The number of thiophene rings is 1. The molecule has 26 heavy (non-hydrogen) atoms. The Bertz CT molecular complexity index is 760. The highest BCUT2D eigenvalue weighted by molar-refractivity contribution is 7.09. The van der Waals surface area contributed by atoms with Crippen molar-refractivity contribution in [3.63, 3.8) is 0 Å². The molecule has 2 fully saturated rings. The number of carbonyl (C=O) groups is 2. The SMILES string of the molecule is O=C(c1cccn1Cc1cccs1)N1CCC(N2CCCCC2=O)CC1. The van der Waals surface area contributed by atoms with E-state index in [1.807, 2.05) is 33.9 Å². The molecule has 5 nitrogen and oxygen atoms in total. The van der Waals surface area contributed by atoms with Gasteiger partial charge in [-0.05, 0) is 49.3 Å². The van der Waals surface area contributed by atoms with Crippen LogP contribution in [0.2, 0.25) is 0 Å². The van der Waals surface area contributed by atoms with Crippen LogP contribution < -0.4 is 0 Å². The number of aromatic nitrogens is 1. The molecular weight excluding hydrogens is 346 g/mol. The Morgan fingerprint density at radius 3 is 2.69 bits per heavy atom. The van der Waals surface area contributed by atoms with Crippen LogP contribution >= 0.6 is 11.3 Å². The molecule has 4 heterocycles. The molecular formula is C20H25N3O2S. The summed E-state index contributed by atoms with van der Waals surface area (Å²) in [5.41, 5.74) is 0.755. The summed E-state index contributed by atoms with van der Waals surface area (Å²) < 4.78 is 2.04. The first-order valence-electron chi connectivity index (χ1n) is 9.48. The van der Waals surface area contributed by atoms with E-state index in [9.17, 15) is 9.59 Å². The summed E-state index contributed by atoms with van der Waals surface area (Å²) in [5, 5.41) is 2.06. The number of nitrogens with zero attached hydrogens (tertiary/aromatic N) is 3. The second-order valence-electron chi connectivity index (χ2n) is 7.17. The van der Waals surface area contributed by atoms with E-state index in [1.54, 1.807) is 11.3 Å². The Hall–Kier alpha value is -2.08. The van der Waals surface area contributed by atoms with Gasteiger partial charge in [0.1, 0.15) is 5.69 Å². The van der Waals surface area contributed by atoms with E-state index in [4.69, 9.17) is 0 Å². The van der Waals surface area contributed by atoms with E-state index in [1.165, 1.54) is 4.88 Å². The highest BCUT2D eigenvalue weighted by Crippen LogP contribution is 2.23. The summed E-state index contributed by atoms with van der Waals surface area (Å²) in [6, 6.07) is 8.30. The van der Waals surface area contributed by atoms with Crippen molar-refractivity contribution in [3.05, 3.63) is 46.4 Å². The monoisotopic (exact) mass is 371 g/mol. The average molecular weight is 372 g/mol. The lowest BCUT2D eigenvalue weighted by molar-refractivity contribution is -0.136. The highest BCUT2D eigenvalue weighted by Gasteiger charge is 2.31. The molecule has 0 atom stereocenters. The lowest BCUT2D eigenvalue weighted by Gasteiger charge is -2.40. The van der Waals surface area contributed by atoms with Gasteiger partial charge in [0.2, 0.25) is 5.91 Å². The summed E-state index contributed by atoms with van der Waals surface area (Å²) in [5.74, 6) is 0.404. The van der Waals surface area contributed by atoms with E-state index < -0.39 is 0 Å². The molecule has 0 aromatic carbocycles. The molecule has 2 aromatic rings. The molecule has 4 rings (SSSR count). The fraction of sp³-hybridized carbons (Fsp3) is 0.500. The Balaban J connectivity index is 1.38. The van der Waals surface area contributed by atoms with Crippen LogP contribution in [0.15, 0.2) is 35.8 Å². The smallest absolute Gasteiger partial charge is 0.270 e. The molecule has 0 radical (unpaired) electrons.